The van der Waals surface area contributed by atoms with E-state index in [1.807, 2.05) is 18.2 Å². The Labute approximate surface area is 208 Å². The average molecular weight is 498 g/mol. The van der Waals surface area contributed by atoms with Crippen molar-refractivity contribution in [1.82, 2.24) is 4.57 Å². The van der Waals surface area contributed by atoms with Gasteiger partial charge in [0.05, 0.1) is 12.0 Å². The van der Waals surface area contributed by atoms with Crippen LogP contribution in [0.3, 0.4) is 0 Å². The minimum atomic E-state index is -4.38. The van der Waals surface area contributed by atoms with E-state index in [9.17, 15) is 23.1 Å². The van der Waals surface area contributed by atoms with Crippen molar-refractivity contribution in [2.75, 3.05) is 0 Å². The van der Waals surface area contributed by atoms with Crippen molar-refractivity contribution in [3.8, 4) is 5.75 Å². The van der Waals surface area contributed by atoms with Crippen molar-refractivity contribution in [1.29, 1.82) is 0 Å². The van der Waals surface area contributed by atoms with E-state index in [2.05, 4.69) is 4.57 Å². The molecule has 0 saturated heterocycles. The average Bonchev–Trinajstić information content (AvgIpc) is 3.24. The van der Waals surface area contributed by atoms with Crippen LogP contribution in [0.5, 0.6) is 5.75 Å². The third-order valence-electron chi connectivity index (χ3n) is 8.23. The van der Waals surface area contributed by atoms with Crippen molar-refractivity contribution in [3.05, 3.63) is 64.3 Å². The number of carbonyl (C=O) groups is 1. The number of alkyl halides is 3. The highest BCUT2D eigenvalue weighted by Crippen LogP contribution is 2.51. The monoisotopic (exact) mass is 497 g/mol. The molecule has 190 valence electrons. The molecule has 0 radical (unpaired) electrons. The second-order valence-electron chi connectivity index (χ2n) is 10.7. The molecule has 1 N–H and O–H groups in total. The van der Waals surface area contributed by atoms with Gasteiger partial charge in [-0.05, 0) is 84.9 Å². The zero-order chi connectivity index (χ0) is 25.0. The molecule has 4 nitrogen and oxygen atoms in total. The van der Waals surface area contributed by atoms with Crippen LogP contribution < -0.4 is 4.74 Å². The smallest absolute Gasteiger partial charge is 0.416 e. The van der Waals surface area contributed by atoms with Crippen molar-refractivity contribution in [2.45, 2.75) is 88.4 Å². The van der Waals surface area contributed by atoms with E-state index in [0.717, 1.165) is 68.1 Å². The van der Waals surface area contributed by atoms with E-state index >= 15 is 0 Å². The minimum Gasteiger partial charge on any atom is -0.489 e. The first kappa shape index (κ1) is 23.4. The molecular weight excluding hydrogens is 467 g/mol. The molecule has 3 aromatic rings. The summed E-state index contributed by atoms with van der Waals surface area (Å²) in [6.07, 6.45) is 2.40. The molecular formula is C29H30F3NO3. The molecule has 2 fully saturated rings. The zero-order valence-electron chi connectivity index (χ0n) is 20.1. The number of hydrogen-bond donors (Lipinski definition) is 1. The number of benzene rings is 2. The van der Waals surface area contributed by atoms with Gasteiger partial charge in [0.2, 0.25) is 0 Å². The molecule has 7 heteroatoms. The van der Waals surface area contributed by atoms with E-state index in [-0.39, 0.29) is 24.9 Å². The first-order valence-corrected chi connectivity index (χ1v) is 13.0. The lowest BCUT2D eigenvalue weighted by molar-refractivity contribution is -0.139. The van der Waals surface area contributed by atoms with Crippen LogP contribution in [-0.2, 0) is 24.1 Å². The summed E-state index contributed by atoms with van der Waals surface area (Å²) in [6.45, 7) is 0.873. The number of halogens is 3. The number of carboxylic acids is 1. The maximum Gasteiger partial charge on any atom is 0.416 e. The van der Waals surface area contributed by atoms with Crippen LogP contribution in [0.25, 0.3) is 10.9 Å². The van der Waals surface area contributed by atoms with Crippen LogP contribution in [-0.4, -0.2) is 15.6 Å². The normalized spacial score (nSPS) is 20.2. The zero-order valence-corrected chi connectivity index (χ0v) is 20.1. The fourth-order valence-electron chi connectivity index (χ4n) is 6.48. The summed E-state index contributed by atoms with van der Waals surface area (Å²) in [5.41, 5.74) is 3.89. The van der Waals surface area contributed by atoms with Gasteiger partial charge in [0.15, 0.2) is 0 Å². The molecule has 2 heterocycles. The Morgan fingerprint density at radius 2 is 1.78 bits per heavy atom. The second-order valence-corrected chi connectivity index (χ2v) is 10.7. The number of aromatic nitrogens is 1. The fourth-order valence-corrected chi connectivity index (χ4v) is 6.48. The maximum absolute atomic E-state index is 13.9. The van der Waals surface area contributed by atoms with Crippen LogP contribution in [0.2, 0.25) is 0 Å². The molecule has 2 aliphatic carbocycles. The molecule has 6 rings (SSSR count). The van der Waals surface area contributed by atoms with Gasteiger partial charge in [0, 0.05) is 29.1 Å². The predicted molar refractivity (Wildman–Crippen MR) is 131 cm³/mol. The molecule has 0 bridgehead atoms. The summed E-state index contributed by atoms with van der Waals surface area (Å²) in [5, 5.41) is 10.5. The molecule has 36 heavy (non-hydrogen) atoms. The van der Waals surface area contributed by atoms with Gasteiger partial charge in [-0.15, -0.1) is 0 Å². The highest BCUT2D eigenvalue weighted by atomic mass is 19.4. The Bertz CT molecular complexity index is 1320. The number of nitrogens with zero attached hydrogens (tertiary/aromatic N) is 1. The molecule has 1 aliphatic heterocycles. The standard InChI is InChI=1S/C29H30F3NO3/c30-29(31,32)24-13-17(5-9-22(24)18-3-1-2-4-18)16-36-21-8-10-25-23(15-21)27(19-6-7-19)28-20(14-26(34)35)11-12-33(25)28/h5,8-10,13,15,18-20H,1-4,6-7,11-12,14,16H2,(H,34,35). The van der Waals surface area contributed by atoms with Gasteiger partial charge in [-0.1, -0.05) is 25.0 Å². The fraction of sp³-hybridized carbons (Fsp3) is 0.483. The summed E-state index contributed by atoms with van der Waals surface area (Å²) in [7, 11) is 0. The number of carboxylic acid groups (broad SMARTS) is 1. The lowest BCUT2D eigenvalue weighted by atomic mass is 9.91. The number of aryl methyl sites for hydroxylation is 1. The van der Waals surface area contributed by atoms with Gasteiger partial charge in [-0.3, -0.25) is 4.79 Å². The SMILES string of the molecule is O=C(O)CC1CCn2c1c(C1CC1)c1cc(OCc3ccc(C4CCCC4)c(C(F)(F)F)c3)ccc12. The Morgan fingerprint density at radius 3 is 2.47 bits per heavy atom. The van der Waals surface area contributed by atoms with Crippen molar-refractivity contribution >= 4 is 16.9 Å². The third-order valence-corrected chi connectivity index (χ3v) is 8.23. The molecule has 3 aliphatic rings. The van der Waals surface area contributed by atoms with Gasteiger partial charge in [0.1, 0.15) is 12.4 Å². The van der Waals surface area contributed by atoms with Crippen LogP contribution in [0.15, 0.2) is 36.4 Å². The van der Waals surface area contributed by atoms with E-state index in [1.54, 1.807) is 12.1 Å². The molecule has 0 amide bonds. The first-order chi connectivity index (χ1) is 17.3. The van der Waals surface area contributed by atoms with E-state index in [4.69, 9.17) is 4.74 Å². The summed E-state index contributed by atoms with van der Waals surface area (Å²) >= 11 is 0. The molecule has 1 atom stereocenters. The molecule has 1 aromatic heterocycles. The van der Waals surface area contributed by atoms with Crippen LogP contribution in [0, 0.1) is 0 Å². The Kier molecular flexibility index (Phi) is 5.77. The lowest BCUT2D eigenvalue weighted by Crippen LogP contribution is -2.12. The quantitative estimate of drug-likeness (QED) is 0.363. The highest BCUT2D eigenvalue weighted by Gasteiger charge is 2.38. The van der Waals surface area contributed by atoms with Gasteiger partial charge in [0.25, 0.3) is 0 Å². The van der Waals surface area contributed by atoms with E-state index in [0.29, 0.717) is 22.8 Å². The molecule has 1 unspecified atom stereocenters. The third kappa shape index (κ3) is 4.27. The van der Waals surface area contributed by atoms with Gasteiger partial charge >= 0.3 is 12.1 Å². The lowest BCUT2D eigenvalue weighted by Gasteiger charge is -2.19. The second kappa shape index (κ2) is 8.86. The molecule has 0 spiro atoms. The van der Waals surface area contributed by atoms with Gasteiger partial charge < -0.3 is 14.4 Å². The summed E-state index contributed by atoms with van der Waals surface area (Å²) in [5.74, 6) is 0.306. The van der Waals surface area contributed by atoms with Crippen LogP contribution in [0.4, 0.5) is 13.2 Å². The largest absolute Gasteiger partial charge is 0.489 e. The number of fused-ring (bicyclic) bond motifs is 3. The summed E-state index contributed by atoms with van der Waals surface area (Å²) in [6, 6.07) is 10.5. The Hall–Kier alpha value is -2.96. The number of aliphatic carboxylic acids is 1. The minimum absolute atomic E-state index is 0.0124. The maximum atomic E-state index is 13.9. The Morgan fingerprint density at radius 1 is 1.00 bits per heavy atom. The Balaban J connectivity index is 1.28. The van der Waals surface area contributed by atoms with Crippen LogP contribution in [0.1, 0.15) is 97.1 Å². The number of ether oxygens (including phenoxy) is 1. The predicted octanol–water partition coefficient (Wildman–Crippen LogP) is 7.74. The summed E-state index contributed by atoms with van der Waals surface area (Å²) < 4.78 is 49.8. The van der Waals surface area contributed by atoms with Crippen molar-refractivity contribution in [3.63, 3.8) is 0 Å². The van der Waals surface area contributed by atoms with Gasteiger partial charge in [-0.25, -0.2) is 0 Å². The van der Waals surface area contributed by atoms with Crippen molar-refractivity contribution in [2.24, 2.45) is 0 Å². The van der Waals surface area contributed by atoms with Gasteiger partial charge in [-0.2, -0.15) is 13.2 Å². The first-order valence-electron chi connectivity index (χ1n) is 13.0. The molecule has 2 aromatic carbocycles. The van der Waals surface area contributed by atoms with E-state index < -0.39 is 17.7 Å². The number of hydrogen-bond acceptors (Lipinski definition) is 2. The molecule has 2 saturated carbocycles. The van der Waals surface area contributed by atoms with Crippen LogP contribution >= 0.6 is 0 Å². The van der Waals surface area contributed by atoms with Crippen molar-refractivity contribution < 1.29 is 27.8 Å². The van der Waals surface area contributed by atoms with E-state index in [1.165, 1.54) is 11.6 Å². The number of rotatable bonds is 7. The highest BCUT2D eigenvalue weighted by molar-refractivity contribution is 5.89. The summed E-state index contributed by atoms with van der Waals surface area (Å²) in [4.78, 5) is 11.4. The topological polar surface area (TPSA) is 51.5 Å².